The van der Waals surface area contributed by atoms with Gasteiger partial charge in [-0.1, -0.05) is 84.9 Å². The van der Waals surface area contributed by atoms with Crippen LogP contribution in [0.5, 0.6) is 0 Å². The highest BCUT2D eigenvalue weighted by atomic mass is 16.6. The normalized spacial score (nSPS) is 35.9. The zero-order chi connectivity index (χ0) is 33.1. The fourth-order valence-corrected chi connectivity index (χ4v) is 9.91. The molecule has 0 spiro atoms. The van der Waals surface area contributed by atoms with Gasteiger partial charge in [0.05, 0.1) is 11.7 Å². The Kier molecular flexibility index (Phi) is 9.09. The zero-order valence-electron chi connectivity index (χ0n) is 28.6. The maximum absolute atomic E-state index is 13.2. The molecule has 0 bridgehead atoms. The number of allylic oxidation sites excluding steroid dienone is 3. The number of rotatable bonds is 8. The lowest BCUT2D eigenvalue weighted by molar-refractivity contribution is -0.177. The second-order valence-electron chi connectivity index (χ2n) is 15.7. The minimum Gasteiger partial charge on any atom is -0.458 e. The van der Waals surface area contributed by atoms with E-state index >= 15 is 0 Å². The molecule has 0 heterocycles. The number of aliphatic hydroxyl groups is 2. The van der Waals surface area contributed by atoms with Gasteiger partial charge >= 0.3 is 11.9 Å². The molecule has 4 aliphatic carbocycles. The van der Waals surface area contributed by atoms with Gasteiger partial charge in [0, 0.05) is 12.3 Å². The minimum atomic E-state index is -1.01. The summed E-state index contributed by atoms with van der Waals surface area (Å²) in [5.74, 6) is 0.142. The summed E-state index contributed by atoms with van der Waals surface area (Å²) >= 11 is 0. The van der Waals surface area contributed by atoms with Crippen molar-refractivity contribution < 1.29 is 29.3 Å². The smallest absolute Gasteiger partial charge is 0.338 e. The number of hydrogen-bond donors (Lipinski definition) is 2. The molecule has 1 fully saturated rings. The van der Waals surface area contributed by atoms with Crippen LogP contribution >= 0.6 is 0 Å². The van der Waals surface area contributed by atoms with Crippen LogP contribution in [0, 0.1) is 39.9 Å². The van der Waals surface area contributed by atoms with Crippen LogP contribution in [0.1, 0.15) is 104 Å². The number of benzene rings is 1. The van der Waals surface area contributed by atoms with Gasteiger partial charge in [-0.05, 0) is 102 Å². The minimum absolute atomic E-state index is 0.0289. The first-order valence-electron chi connectivity index (χ1n) is 17.0. The van der Waals surface area contributed by atoms with E-state index in [-0.39, 0.29) is 11.8 Å². The Morgan fingerprint density at radius 3 is 2.33 bits per heavy atom. The lowest BCUT2D eigenvalue weighted by atomic mass is 9.45. The molecule has 0 unspecified atom stereocenters. The predicted octanol–water partition coefficient (Wildman–Crippen LogP) is 7.60. The standard InChI is InChI=1S/C39H54O6/c1-22(2)23(3)15-16-24(4)28-18-19-29-27-17-20-31-37(6,7)34(42)30(45-36(43)26-13-11-10-12-14-26)21-38(31,8)32(27)33(41)35(39(28,29)9)44-25(5)40/h10-14,19,22,24,28,30-31,33-35,41-42H,3,15-18,20-21H2,1-2,4-9H3/t24-,28-,30-,31+,33-,34+,35+,38+,39-/m1/s1. The molecular weight excluding hydrogens is 564 g/mol. The van der Waals surface area contributed by atoms with Crippen LogP contribution in [0.25, 0.3) is 0 Å². The van der Waals surface area contributed by atoms with Crippen molar-refractivity contribution in [1.82, 2.24) is 0 Å². The van der Waals surface area contributed by atoms with E-state index in [1.807, 2.05) is 6.07 Å². The molecule has 9 atom stereocenters. The lowest BCUT2D eigenvalue weighted by Gasteiger charge is -2.62. The summed E-state index contributed by atoms with van der Waals surface area (Å²) in [7, 11) is 0. The summed E-state index contributed by atoms with van der Waals surface area (Å²) in [6.07, 6.45) is 3.81. The van der Waals surface area contributed by atoms with Crippen molar-refractivity contribution in [2.75, 3.05) is 0 Å². The highest BCUT2D eigenvalue weighted by molar-refractivity contribution is 5.89. The molecule has 0 saturated heterocycles. The van der Waals surface area contributed by atoms with Gasteiger partial charge in [0.25, 0.3) is 0 Å². The first-order chi connectivity index (χ1) is 21.0. The Balaban J connectivity index is 1.54. The van der Waals surface area contributed by atoms with Crippen LogP contribution in [0.15, 0.2) is 65.3 Å². The molecule has 0 amide bonds. The van der Waals surface area contributed by atoms with E-state index in [1.165, 1.54) is 23.6 Å². The first kappa shape index (κ1) is 33.7. The van der Waals surface area contributed by atoms with E-state index in [0.717, 1.165) is 37.7 Å². The molecule has 246 valence electrons. The van der Waals surface area contributed by atoms with Gasteiger partial charge in [-0.3, -0.25) is 4.79 Å². The molecule has 5 rings (SSSR count). The molecule has 0 radical (unpaired) electrons. The average molecular weight is 619 g/mol. The topological polar surface area (TPSA) is 93.1 Å². The van der Waals surface area contributed by atoms with Crippen molar-refractivity contribution >= 4 is 11.9 Å². The van der Waals surface area contributed by atoms with Gasteiger partial charge in [0.15, 0.2) is 0 Å². The van der Waals surface area contributed by atoms with Gasteiger partial charge in [-0.25, -0.2) is 4.79 Å². The Morgan fingerprint density at radius 2 is 1.71 bits per heavy atom. The molecule has 2 N–H and O–H groups in total. The third-order valence-corrected chi connectivity index (χ3v) is 12.4. The summed E-state index contributed by atoms with van der Waals surface area (Å²) < 4.78 is 12.2. The highest BCUT2D eigenvalue weighted by Gasteiger charge is 2.65. The van der Waals surface area contributed by atoms with E-state index in [4.69, 9.17) is 9.47 Å². The number of carbonyl (C=O) groups is 2. The van der Waals surface area contributed by atoms with Gasteiger partial charge in [0.1, 0.15) is 18.3 Å². The van der Waals surface area contributed by atoms with E-state index in [9.17, 15) is 19.8 Å². The number of hydrogen-bond acceptors (Lipinski definition) is 6. The van der Waals surface area contributed by atoms with Gasteiger partial charge in [-0.15, -0.1) is 0 Å². The second-order valence-corrected chi connectivity index (χ2v) is 15.7. The van der Waals surface area contributed by atoms with E-state index in [0.29, 0.717) is 23.8 Å². The lowest BCUT2D eigenvalue weighted by Crippen LogP contribution is -2.63. The fraction of sp³-hybridized carbons (Fsp3) is 0.641. The highest BCUT2D eigenvalue weighted by Crippen LogP contribution is 2.67. The van der Waals surface area contributed by atoms with Gasteiger partial charge < -0.3 is 19.7 Å². The molecule has 1 saturated carbocycles. The third kappa shape index (κ3) is 5.54. The monoisotopic (exact) mass is 618 g/mol. The van der Waals surface area contributed by atoms with Crippen LogP contribution in [0.4, 0.5) is 0 Å². The SMILES string of the molecule is C=C(CC[C@@H](C)[C@H]1CC=C2C3=C([C@@H](O)[C@H](OC(C)=O)[C@@]21C)[C@@]1(C)C[C@@H](OC(=O)c2ccccc2)[C@H](O)C(C)(C)[C@@H]1CC3)C(C)C. The Bertz CT molecular complexity index is 1390. The van der Waals surface area contributed by atoms with E-state index in [1.54, 1.807) is 24.3 Å². The quantitative estimate of drug-likeness (QED) is 0.230. The van der Waals surface area contributed by atoms with Crippen molar-refractivity contribution in [3.8, 4) is 0 Å². The summed E-state index contributed by atoms with van der Waals surface area (Å²) in [6.45, 7) is 20.8. The molecule has 6 nitrogen and oxygen atoms in total. The molecule has 0 aliphatic heterocycles. The predicted molar refractivity (Wildman–Crippen MR) is 176 cm³/mol. The van der Waals surface area contributed by atoms with Crippen molar-refractivity contribution in [2.45, 2.75) is 118 Å². The summed E-state index contributed by atoms with van der Waals surface area (Å²) in [5.41, 5.74) is 3.25. The molecular formula is C39H54O6. The molecule has 1 aromatic rings. The third-order valence-electron chi connectivity index (χ3n) is 12.4. The van der Waals surface area contributed by atoms with Crippen molar-refractivity contribution in [2.24, 2.45) is 39.9 Å². The van der Waals surface area contributed by atoms with Gasteiger partial charge in [0.2, 0.25) is 0 Å². The fourth-order valence-electron chi connectivity index (χ4n) is 9.91. The summed E-state index contributed by atoms with van der Waals surface area (Å²) in [6, 6.07) is 8.86. The Hall–Kier alpha value is -2.70. The van der Waals surface area contributed by atoms with Gasteiger partial charge in [-0.2, -0.15) is 0 Å². The number of carbonyl (C=O) groups excluding carboxylic acids is 2. The number of aliphatic hydroxyl groups excluding tert-OH is 2. The van der Waals surface area contributed by atoms with Crippen LogP contribution in [-0.4, -0.2) is 46.6 Å². The first-order valence-corrected chi connectivity index (χ1v) is 17.0. The zero-order valence-corrected chi connectivity index (χ0v) is 28.6. The maximum Gasteiger partial charge on any atom is 0.338 e. The number of ether oxygens (including phenoxy) is 2. The van der Waals surface area contributed by atoms with Crippen LogP contribution in [0.3, 0.4) is 0 Å². The molecule has 0 aromatic heterocycles. The molecule has 4 aliphatic rings. The average Bonchev–Trinajstić information content (AvgIpc) is 3.34. The van der Waals surface area contributed by atoms with Crippen molar-refractivity contribution in [1.29, 1.82) is 0 Å². The Labute approximate surface area is 270 Å². The van der Waals surface area contributed by atoms with Crippen molar-refractivity contribution in [3.63, 3.8) is 0 Å². The van der Waals surface area contributed by atoms with Crippen molar-refractivity contribution in [3.05, 3.63) is 70.8 Å². The maximum atomic E-state index is 13.2. The molecule has 1 aromatic carbocycles. The van der Waals surface area contributed by atoms with E-state index < -0.39 is 52.6 Å². The Morgan fingerprint density at radius 1 is 1.04 bits per heavy atom. The second kappa shape index (κ2) is 12.2. The number of esters is 2. The summed E-state index contributed by atoms with van der Waals surface area (Å²) in [5, 5.41) is 24.1. The summed E-state index contributed by atoms with van der Waals surface area (Å²) in [4.78, 5) is 25.9. The largest absolute Gasteiger partial charge is 0.458 e. The molecule has 6 heteroatoms. The number of fused-ring (bicyclic) bond motifs is 4. The van der Waals surface area contributed by atoms with Crippen LogP contribution in [0.2, 0.25) is 0 Å². The van der Waals surface area contributed by atoms with E-state index in [2.05, 4.69) is 61.1 Å². The molecule has 45 heavy (non-hydrogen) atoms. The van der Waals surface area contributed by atoms with Crippen LogP contribution in [-0.2, 0) is 14.3 Å². The van der Waals surface area contributed by atoms with Crippen LogP contribution < -0.4 is 0 Å².